The highest BCUT2D eigenvalue weighted by atomic mass is 32.1. The average Bonchev–Trinajstić information content (AvgIpc) is 3.42. The van der Waals surface area contributed by atoms with Crippen molar-refractivity contribution in [2.75, 3.05) is 26.3 Å². The van der Waals surface area contributed by atoms with Crippen LogP contribution in [-0.4, -0.2) is 54.7 Å². The maximum atomic E-state index is 12.7. The number of hydrogen-bond donors (Lipinski definition) is 1. The number of carbonyl (C=O) groups is 2. The number of benzene rings is 1. The molecular weight excluding hydrogens is 376 g/mol. The van der Waals surface area contributed by atoms with Crippen molar-refractivity contribution < 1.29 is 19.1 Å². The number of morpholine rings is 1. The summed E-state index contributed by atoms with van der Waals surface area (Å²) in [5, 5.41) is 2.04. The molecule has 4 rings (SSSR count). The number of ether oxygens (including phenoxy) is 2. The molecule has 0 saturated carbocycles. The molecule has 2 saturated heterocycles. The van der Waals surface area contributed by atoms with Gasteiger partial charge in [0.2, 0.25) is 0 Å². The molecule has 2 N–H and O–H groups in total. The molecule has 2 aliphatic rings. The van der Waals surface area contributed by atoms with E-state index in [-0.39, 0.29) is 19.1 Å². The van der Waals surface area contributed by atoms with E-state index >= 15 is 0 Å². The monoisotopic (exact) mass is 400 g/mol. The van der Waals surface area contributed by atoms with Gasteiger partial charge < -0.3 is 20.1 Å². The lowest BCUT2D eigenvalue weighted by molar-refractivity contribution is -0.167. The zero-order chi connectivity index (χ0) is 19.6. The molecule has 148 valence electrons. The molecule has 0 spiro atoms. The molecule has 28 heavy (non-hydrogen) atoms. The average molecular weight is 401 g/mol. The Hall–Kier alpha value is -2.22. The van der Waals surface area contributed by atoms with Crippen LogP contribution in [0, 0.1) is 0 Å². The Balaban J connectivity index is 1.51. The standard InChI is InChI=1S/C21H24N2O4S/c22-20(25)21(13-15-5-7-16(8-6-15)18-4-2-12-28-18)14-23(9-11-27-21)19(24)17-3-1-10-26-17/h2,4-8,12,17H,1,3,9-11,13-14H2,(H2,22,25). The number of thiophene rings is 1. The number of nitrogens with two attached hydrogens (primary N) is 1. The summed E-state index contributed by atoms with van der Waals surface area (Å²) >= 11 is 1.68. The van der Waals surface area contributed by atoms with E-state index in [4.69, 9.17) is 15.2 Å². The first-order valence-electron chi connectivity index (χ1n) is 9.54. The number of nitrogens with zero attached hydrogens (tertiary/aromatic N) is 1. The summed E-state index contributed by atoms with van der Waals surface area (Å²) in [5.41, 5.74) is 6.61. The molecule has 6 nitrogen and oxygen atoms in total. The van der Waals surface area contributed by atoms with Crippen LogP contribution < -0.4 is 5.73 Å². The van der Waals surface area contributed by atoms with E-state index in [2.05, 4.69) is 6.07 Å². The summed E-state index contributed by atoms with van der Waals surface area (Å²) < 4.78 is 11.4. The fourth-order valence-electron chi connectivity index (χ4n) is 3.85. The lowest BCUT2D eigenvalue weighted by Crippen LogP contribution is -2.62. The van der Waals surface area contributed by atoms with Gasteiger partial charge in [-0.3, -0.25) is 9.59 Å². The molecule has 0 aliphatic carbocycles. The van der Waals surface area contributed by atoms with Crippen LogP contribution in [0.5, 0.6) is 0 Å². The Kier molecular flexibility index (Phi) is 5.48. The zero-order valence-corrected chi connectivity index (χ0v) is 16.5. The molecule has 2 unspecified atom stereocenters. The Morgan fingerprint density at radius 3 is 2.68 bits per heavy atom. The van der Waals surface area contributed by atoms with Gasteiger partial charge in [0, 0.05) is 24.4 Å². The second-order valence-electron chi connectivity index (χ2n) is 7.32. The fraction of sp³-hybridized carbons (Fsp3) is 0.429. The van der Waals surface area contributed by atoms with E-state index in [9.17, 15) is 9.59 Å². The van der Waals surface area contributed by atoms with Gasteiger partial charge in [0.05, 0.1) is 13.2 Å². The minimum absolute atomic E-state index is 0.0699. The molecule has 2 aliphatic heterocycles. The molecule has 2 amide bonds. The van der Waals surface area contributed by atoms with E-state index in [0.717, 1.165) is 24.0 Å². The van der Waals surface area contributed by atoms with Crippen LogP contribution in [-0.2, 0) is 25.5 Å². The van der Waals surface area contributed by atoms with Crippen molar-refractivity contribution in [2.45, 2.75) is 31.0 Å². The number of carbonyl (C=O) groups excluding carboxylic acids is 2. The Morgan fingerprint density at radius 1 is 1.21 bits per heavy atom. The molecule has 0 radical (unpaired) electrons. The summed E-state index contributed by atoms with van der Waals surface area (Å²) in [4.78, 5) is 28.0. The predicted molar refractivity (Wildman–Crippen MR) is 107 cm³/mol. The molecule has 2 fully saturated rings. The van der Waals surface area contributed by atoms with E-state index in [1.807, 2.05) is 35.7 Å². The minimum Gasteiger partial charge on any atom is -0.368 e. The van der Waals surface area contributed by atoms with Crippen LogP contribution in [0.2, 0.25) is 0 Å². The van der Waals surface area contributed by atoms with Gasteiger partial charge in [0.15, 0.2) is 5.60 Å². The number of rotatable bonds is 5. The number of amides is 2. The maximum absolute atomic E-state index is 12.7. The fourth-order valence-corrected chi connectivity index (χ4v) is 4.58. The van der Waals surface area contributed by atoms with E-state index < -0.39 is 17.6 Å². The topological polar surface area (TPSA) is 81.9 Å². The largest absolute Gasteiger partial charge is 0.368 e. The first-order chi connectivity index (χ1) is 13.6. The summed E-state index contributed by atoms with van der Waals surface area (Å²) in [6.45, 7) is 1.51. The van der Waals surface area contributed by atoms with Gasteiger partial charge in [-0.2, -0.15) is 0 Å². The van der Waals surface area contributed by atoms with E-state index in [1.54, 1.807) is 16.2 Å². The quantitative estimate of drug-likeness (QED) is 0.834. The maximum Gasteiger partial charge on any atom is 0.251 e. The highest BCUT2D eigenvalue weighted by Crippen LogP contribution is 2.28. The van der Waals surface area contributed by atoms with Crippen molar-refractivity contribution in [3.8, 4) is 10.4 Å². The van der Waals surface area contributed by atoms with Crippen molar-refractivity contribution in [2.24, 2.45) is 5.73 Å². The van der Waals surface area contributed by atoms with Crippen LogP contribution in [0.25, 0.3) is 10.4 Å². The van der Waals surface area contributed by atoms with E-state index in [1.165, 1.54) is 4.88 Å². The van der Waals surface area contributed by atoms with Gasteiger partial charge in [-0.1, -0.05) is 30.3 Å². The first-order valence-corrected chi connectivity index (χ1v) is 10.4. The summed E-state index contributed by atoms with van der Waals surface area (Å²) in [6, 6.07) is 12.1. The van der Waals surface area contributed by atoms with Gasteiger partial charge in [-0.15, -0.1) is 11.3 Å². The normalized spacial score (nSPS) is 25.0. The second kappa shape index (κ2) is 8.03. The first kappa shape index (κ1) is 19.1. The van der Waals surface area contributed by atoms with Crippen molar-refractivity contribution in [3.05, 3.63) is 47.3 Å². The highest BCUT2D eigenvalue weighted by molar-refractivity contribution is 7.13. The number of primary amides is 1. The van der Waals surface area contributed by atoms with Crippen molar-refractivity contribution in [1.29, 1.82) is 0 Å². The third-order valence-electron chi connectivity index (χ3n) is 5.40. The Labute approximate surface area is 168 Å². The van der Waals surface area contributed by atoms with Gasteiger partial charge in [0.1, 0.15) is 6.10 Å². The van der Waals surface area contributed by atoms with Crippen molar-refractivity contribution >= 4 is 23.2 Å². The highest BCUT2D eigenvalue weighted by Gasteiger charge is 2.45. The van der Waals surface area contributed by atoms with Crippen LogP contribution >= 0.6 is 11.3 Å². The number of hydrogen-bond acceptors (Lipinski definition) is 5. The molecular formula is C21H24N2O4S. The Bertz CT molecular complexity index is 831. The van der Waals surface area contributed by atoms with Gasteiger partial charge in [-0.25, -0.2) is 0 Å². The summed E-state index contributed by atoms with van der Waals surface area (Å²) in [6.07, 6.45) is 1.54. The van der Waals surface area contributed by atoms with Gasteiger partial charge in [0.25, 0.3) is 11.8 Å². The molecule has 2 atom stereocenters. The van der Waals surface area contributed by atoms with Crippen LogP contribution in [0.3, 0.4) is 0 Å². The lowest BCUT2D eigenvalue weighted by Gasteiger charge is -2.41. The molecule has 1 aromatic carbocycles. The van der Waals surface area contributed by atoms with Crippen molar-refractivity contribution in [3.63, 3.8) is 0 Å². The lowest BCUT2D eigenvalue weighted by atomic mass is 9.91. The SMILES string of the molecule is NC(=O)C1(Cc2ccc(-c3cccs3)cc2)CN(C(=O)C2CCCO2)CCO1. The molecule has 2 aromatic rings. The van der Waals surface area contributed by atoms with Crippen LogP contribution in [0.15, 0.2) is 41.8 Å². The molecule has 7 heteroatoms. The van der Waals surface area contributed by atoms with Gasteiger partial charge >= 0.3 is 0 Å². The minimum atomic E-state index is -1.21. The zero-order valence-electron chi connectivity index (χ0n) is 15.6. The third kappa shape index (κ3) is 3.83. The Morgan fingerprint density at radius 2 is 2.04 bits per heavy atom. The van der Waals surface area contributed by atoms with E-state index in [0.29, 0.717) is 19.6 Å². The predicted octanol–water partition coefficient (Wildman–Crippen LogP) is 2.22. The second-order valence-corrected chi connectivity index (χ2v) is 8.27. The molecule has 1 aromatic heterocycles. The molecule has 3 heterocycles. The smallest absolute Gasteiger partial charge is 0.251 e. The third-order valence-corrected chi connectivity index (χ3v) is 6.32. The summed E-state index contributed by atoms with van der Waals surface area (Å²) in [7, 11) is 0. The van der Waals surface area contributed by atoms with Crippen LogP contribution in [0.4, 0.5) is 0 Å². The molecule has 0 bridgehead atoms. The van der Waals surface area contributed by atoms with Crippen molar-refractivity contribution in [1.82, 2.24) is 4.90 Å². The summed E-state index contributed by atoms with van der Waals surface area (Å²) in [5.74, 6) is -0.612. The van der Waals surface area contributed by atoms with Crippen LogP contribution in [0.1, 0.15) is 18.4 Å². The van der Waals surface area contributed by atoms with Gasteiger partial charge in [-0.05, 0) is 35.4 Å².